The molecule has 0 amide bonds. The fourth-order valence-electron chi connectivity index (χ4n) is 0.228. The van der Waals surface area contributed by atoms with E-state index in [2.05, 4.69) is 11.6 Å². The van der Waals surface area contributed by atoms with Crippen molar-refractivity contribution in [2.24, 2.45) is 16.5 Å². The lowest BCUT2D eigenvalue weighted by Crippen LogP contribution is -1.92. The van der Waals surface area contributed by atoms with E-state index in [1.807, 2.05) is 6.92 Å². The molecule has 50 valence electrons. The molecule has 0 unspecified atom stereocenters. The minimum absolute atomic E-state index is 0.288. The molecule has 0 aliphatic carbocycles. The quantitative estimate of drug-likeness (QED) is 0.523. The molecule has 3 heteroatoms. The molecule has 0 atom stereocenters. The Labute approximate surface area is 54.8 Å². The van der Waals surface area contributed by atoms with Gasteiger partial charge in [-0.1, -0.05) is 6.58 Å². The van der Waals surface area contributed by atoms with Gasteiger partial charge in [0, 0.05) is 6.21 Å². The highest BCUT2D eigenvalue weighted by Gasteiger charge is 1.77. The van der Waals surface area contributed by atoms with Crippen LogP contribution in [0.4, 0.5) is 0 Å². The van der Waals surface area contributed by atoms with Crippen molar-refractivity contribution >= 4 is 6.21 Å². The Morgan fingerprint density at radius 1 is 1.67 bits per heavy atom. The normalized spacial score (nSPS) is 12.3. The zero-order chi connectivity index (χ0) is 7.28. The van der Waals surface area contributed by atoms with E-state index in [0.717, 1.165) is 5.57 Å². The summed E-state index contributed by atoms with van der Waals surface area (Å²) in [5, 5.41) is 0. The van der Waals surface area contributed by atoms with Crippen LogP contribution in [0.15, 0.2) is 29.2 Å². The summed E-state index contributed by atoms with van der Waals surface area (Å²) in [6.07, 6.45) is 3.01. The molecule has 0 bridgehead atoms. The molecular formula is C6H11N3. The molecule has 0 saturated carbocycles. The van der Waals surface area contributed by atoms with E-state index in [4.69, 9.17) is 11.5 Å². The third-order valence-corrected chi connectivity index (χ3v) is 0.697. The van der Waals surface area contributed by atoms with Crippen molar-refractivity contribution in [2.75, 3.05) is 0 Å². The third-order valence-electron chi connectivity index (χ3n) is 0.697. The van der Waals surface area contributed by atoms with E-state index >= 15 is 0 Å². The van der Waals surface area contributed by atoms with Gasteiger partial charge in [-0.2, -0.15) is 0 Å². The van der Waals surface area contributed by atoms with Gasteiger partial charge in [0.25, 0.3) is 0 Å². The van der Waals surface area contributed by atoms with E-state index in [9.17, 15) is 0 Å². The molecule has 0 aromatic heterocycles. The Morgan fingerprint density at radius 2 is 2.22 bits per heavy atom. The predicted molar refractivity (Wildman–Crippen MR) is 39.8 cm³/mol. The maximum atomic E-state index is 5.14. The SMILES string of the molecule is C=C(N)/N=C\C(C)=C/N. The highest BCUT2D eigenvalue weighted by atomic mass is 14.9. The second-order valence-electron chi connectivity index (χ2n) is 1.66. The number of nitrogens with zero attached hydrogens (tertiary/aromatic N) is 1. The first kappa shape index (κ1) is 7.75. The largest absolute Gasteiger partial charge is 0.404 e. The van der Waals surface area contributed by atoms with Gasteiger partial charge in [-0.05, 0) is 18.7 Å². The standard InChI is InChI=1S/C6H11N3/c1-5(3-7)4-9-6(2)8/h3-4H,2,7-8H2,1H3/b5-3-,9-4-. The number of hydrogen-bond acceptors (Lipinski definition) is 3. The summed E-state index contributed by atoms with van der Waals surface area (Å²) in [5.74, 6) is 0.288. The number of rotatable bonds is 2. The summed E-state index contributed by atoms with van der Waals surface area (Å²) >= 11 is 0. The summed E-state index contributed by atoms with van der Waals surface area (Å²) in [6, 6.07) is 0. The van der Waals surface area contributed by atoms with E-state index in [1.54, 1.807) is 6.21 Å². The number of nitrogens with two attached hydrogens (primary N) is 2. The summed E-state index contributed by atoms with van der Waals surface area (Å²) in [7, 11) is 0. The van der Waals surface area contributed by atoms with E-state index in [1.165, 1.54) is 6.20 Å². The summed E-state index contributed by atoms with van der Waals surface area (Å²) in [5.41, 5.74) is 11.1. The molecule has 0 heterocycles. The first-order chi connectivity index (χ1) is 4.16. The zero-order valence-electron chi connectivity index (χ0n) is 5.46. The minimum atomic E-state index is 0.288. The average Bonchev–Trinajstić information content (AvgIpc) is 1.83. The van der Waals surface area contributed by atoms with Crippen LogP contribution in [0.25, 0.3) is 0 Å². The predicted octanol–water partition coefficient (Wildman–Crippen LogP) is 0.350. The topological polar surface area (TPSA) is 64.4 Å². The van der Waals surface area contributed by atoms with E-state index in [-0.39, 0.29) is 5.82 Å². The van der Waals surface area contributed by atoms with Crippen LogP contribution in [-0.4, -0.2) is 6.21 Å². The summed E-state index contributed by atoms with van der Waals surface area (Å²) in [6.45, 7) is 5.20. The van der Waals surface area contributed by atoms with Gasteiger partial charge in [-0.25, -0.2) is 4.99 Å². The van der Waals surface area contributed by atoms with Crippen molar-refractivity contribution < 1.29 is 0 Å². The Bertz CT molecular complexity index is 156. The van der Waals surface area contributed by atoms with Crippen molar-refractivity contribution in [1.82, 2.24) is 0 Å². The van der Waals surface area contributed by atoms with Crippen LogP contribution in [0.1, 0.15) is 6.92 Å². The zero-order valence-corrected chi connectivity index (χ0v) is 5.46. The number of hydrogen-bond donors (Lipinski definition) is 2. The molecule has 0 saturated heterocycles. The smallest absolute Gasteiger partial charge is 0.115 e. The van der Waals surface area contributed by atoms with Gasteiger partial charge in [0.2, 0.25) is 0 Å². The van der Waals surface area contributed by atoms with Crippen LogP contribution in [-0.2, 0) is 0 Å². The van der Waals surface area contributed by atoms with Gasteiger partial charge in [-0.3, -0.25) is 0 Å². The molecule has 0 aromatic carbocycles. The summed E-state index contributed by atoms with van der Waals surface area (Å²) < 4.78 is 0. The van der Waals surface area contributed by atoms with Gasteiger partial charge in [0.1, 0.15) is 5.82 Å². The number of aliphatic imine (C=N–C) groups is 1. The fraction of sp³-hybridized carbons (Fsp3) is 0.167. The lowest BCUT2D eigenvalue weighted by Gasteiger charge is -1.87. The molecule has 0 spiro atoms. The van der Waals surface area contributed by atoms with Crippen LogP contribution in [0, 0.1) is 0 Å². The Kier molecular flexibility index (Phi) is 3.20. The molecule has 0 radical (unpaired) electrons. The van der Waals surface area contributed by atoms with Crippen LogP contribution < -0.4 is 11.5 Å². The molecule has 0 aliphatic rings. The molecule has 9 heavy (non-hydrogen) atoms. The van der Waals surface area contributed by atoms with Gasteiger partial charge in [0.15, 0.2) is 0 Å². The van der Waals surface area contributed by atoms with Crippen molar-refractivity contribution in [1.29, 1.82) is 0 Å². The molecule has 0 aliphatic heterocycles. The lowest BCUT2D eigenvalue weighted by atomic mass is 10.4. The summed E-state index contributed by atoms with van der Waals surface area (Å²) in [4.78, 5) is 3.71. The van der Waals surface area contributed by atoms with Crippen molar-refractivity contribution in [3.8, 4) is 0 Å². The first-order valence-electron chi connectivity index (χ1n) is 2.53. The van der Waals surface area contributed by atoms with Gasteiger partial charge in [0.05, 0.1) is 0 Å². The molecule has 0 fully saturated rings. The van der Waals surface area contributed by atoms with Gasteiger partial charge in [-0.15, -0.1) is 0 Å². The monoisotopic (exact) mass is 125 g/mol. The van der Waals surface area contributed by atoms with Crippen LogP contribution >= 0.6 is 0 Å². The van der Waals surface area contributed by atoms with Crippen molar-refractivity contribution in [3.05, 3.63) is 24.2 Å². The highest BCUT2D eigenvalue weighted by molar-refractivity contribution is 5.78. The van der Waals surface area contributed by atoms with Crippen LogP contribution in [0.2, 0.25) is 0 Å². The van der Waals surface area contributed by atoms with Gasteiger partial charge < -0.3 is 11.5 Å². The molecule has 3 nitrogen and oxygen atoms in total. The Hall–Kier alpha value is -1.25. The average molecular weight is 125 g/mol. The Morgan fingerprint density at radius 3 is 2.56 bits per heavy atom. The van der Waals surface area contributed by atoms with E-state index < -0.39 is 0 Å². The molecule has 0 aromatic rings. The van der Waals surface area contributed by atoms with E-state index in [0.29, 0.717) is 0 Å². The van der Waals surface area contributed by atoms with Crippen LogP contribution in [0.5, 0.6) is 0 Å². The van der Waals surface area contributed by atoms with Gasteiger partial charge >= 0.3 is 0 Å². The molecule has 4 N–H and O–H groups in total. The first-order valence-corrected chi connectivity index (χ1v) is 2.53. The maximum absolute atomic E-state index is 5.14. The van der Waals surface area contributed by atoms with Crippen LogP contribution in [0.3, 0.4) is 0 Å². The lowest BCUT2D eigenvalue weighted by molar-refractivity contribution is 1.27. The highest BCUT2D eigenvalue weighted by Crippen LogP contribution is 1.84. The maximum Gasteiger partial charge on any atom is 0.115 e. The number of allylic oxidation sites excluding steroid dienone is 1. The van der Waals surface area contributed by atoms with Crippen molar-refractivity contribution in [2.45, 2.75) is 6.92 Å². The Balaban J connectivity index is 3.86. The van der Waals surface area contributed by atoms with Crippen molar-refractivity contribution in [3.63, 3.8) is 0 Å². The molecule has 0 rings (SSSR count). The third kappa shape index (κ3) is 4.61. The second-order valence-corrected chi connectivity index (χ2v) is 1.66. The minimum Gasteiger partial charge on any atom is -0.404 e. The molecular weight excluding hydrogens is 114 g/mol. The second kappa shape index (κ2) is 3.72. The fourth-order valence-corrected chi connectivity index (χ4v) is 0.228.